The summed E-state index contributed by atoms with van der Waals surface area (Å²) in [5, 5.41) is 5.05. The maximum Gasteiger partial charge on any atom is 0.236 e. The molecule has 1 N–H and O–H groups in total. The molecule has 6 heteroatoms. The third-order valence-electron chi connectivity index (χ3n) is 5.41. The van der Waals surface area contributed by atoms with E-state index in [0.717, 1.165) is 17.7 Å². The molecule has 4 rings (SSSR count). The Labute approximate surface area is 169 Å². The standard InChI is InChI=1S/C22H24N2O3S/c1-4-11-24-16-13-15(7-8-17(16)27-14-21(2,3)20(24)26)23-19(25)22(9-10-22)18-6-5-12-28-18/h4-8,12-13H,1,9-11,14H2,2-3H3,(H,23,25). The van der Waals surface area contributed by atoms with Crippen LogP contribution in [0.4, 0.5) is 11.4 Å². The van der Waals surface area contributed by atoms with Crippen molar-refractivity contribution in [2.24, 2.45) is 5.41 Å². The molecule has 0 atom stereocenters. The molecule has 2 aromatic rings. The summed E-state index contributed by atoms with van der Waals surface area (Å²) in [6.45, 7) is 8.21. The maximum absolute atomic E-state index is 13.0. The van der Waals surface area contributed by atoms with Crippen LogP contribution in [-0.4, -0.2) is 25.0 Å². The van der Waals surface area contributed by atoms with Crippen molar-refractivity contribution in [2.75, 3.05) is 23.4 Å². The highest BCUT2D eigenvalue weighted by Gasteiger charge is 2.52. The Kier molecular flexibility index (Phi) is 4.54. The molecule has 5 nitrogen and oxygen atoms in total. The van der Waals surface area contributed by atoms with Gasteiger partial charge in [-0.2, -0.15) is 0 Å². The first-order valence-corrected chi connectivity index (χ1v) is 10.3. The summed E-state index contributed by atoms with van der Waals surface area (Å²) in [6.07, 6.45) is 3.43. The zero-order chi connectivity index (χ0) is 19.9. The first-order valence-electron chi connectivity index (χ1n) is 9.42. The second kappa shape index (κ2) is 6.78. The van der Waals surface area contributed by atoms with E-state index < -0.39 is 10.8 Å². The number of amides is 2. The fourth-order valence-electron chi connectivity index (χ4n) is 3.55. The van der Waals surface area contributed by atoms with Gasteiger partial charge in [-0.25, -0.2) is 0 Å². The number of benzene rings is 1. The highest BCUT2D eigenvalue weighted by Crippen LogP contribution is 2.51. The molecule has 1 aliphatic heterocycles. The largest absolute Gasteiger partial charge is 0.490 e. The van der Waals surface area contributed by atoms with Gasteiger partial charge in [-0.15, -0.1) is 17.9 Å². The lowest BCUT2D eigenvalue weighted by Gasteiger charge is -2.27. The van der Waals surface area contributed by atoms with Crippen LogP contribution >= 0.6 is 11.3 Å². The monoisotopic (exact) mass is 396 g/mol. The fourth-order valence-corrected chi connectivity index (χ4v) is 4.53. The van der Waals surface area contributed by atoms with Crippen LogP contribution in [-0.2, 0) is 15.0 Å². The van der Waals surface area contributed by atoms with Crippen LogP contribution in [0.2, 0.25) is 0 Å². The number of nitrogens with one attached hydrogen (secondary N) is 1. The Balaban J connectivity index is 1.63. The first-order chi connectivity index (χ1) is 13.4. The van der Waals surface area contributed by atoms with E-state index in [2.05, 4.69) is 11.9 Å². The van der Waals surface area contributed by atoms with Crippen molar-refractivity contribution < 1.29 is 14.3 Å². The first kappa shape index (κ1) is 18.7. The molecule has 1 aromatic carbocycles. The highest BCUT2D eigenvalue weighted by molar-refractivity contribution is 7.10. The minimum absolute atomic E-state index is 0.00590. The van der Waals surface area contributed by atoms with Gasteiger partial charge in [0.25, 0.3) is 0 Å². The van der Waals surface area contributed by atoms with E-state index in [0.29, 0.717) is 30.3 Å². The number of fused-ring (bicyclic) bond motifs is 1. The van der Waals surface area contributed by atoms with Crippen molar-refractivity contribution in [3.63, 3.8) is 0 Å². The van der Waals surface area contributed by atoms with Gasteiger partial charge in [0.2, 0.25) is 11.8 Å². The van der Waals surface area contributed by atoms with Gasteiger partial charge in [-0.1, -0.05) is 12.1 Å². The van der Waals surface area contributed by atoms with Gasteiger partial charge in [0.05, 0.1) is 16.5 Å². The van der Waals surface area contributed by atoms with E-state index in [1.165, 1.54) is 0 Å². The second-order valence-corrected chi connectivity index (χ2v) is 9.02. The average molecular weight is 397 g/mol. The van der Waals surface area contributed by atoms with Gasteiger partial charge >= 0.3 is 0 Å². The van der Waals surface area contributed by atoms with Crippen LogP contribution in [0.3, 0.4) is 0 Å². The van der Waals surface area contributed by atoms with E-state index >= 15 is 0 Å². The van der Waals surface area contributed by atoms with Crippen molar-refractivity contribution in [2.45, 2.75) is 32.1 Å². The zero-order valence-electron chi connectivity index (χ0n) is 16.2. The van der Waals surface area contributed by atoms with Crippen LogP contribution in [0.25, 0.3) is 0 Å². The molecule has 0 unspecified atom stereocenters. The van der Waals surface area contributed by atoms with Crippen molar-refractivity contribution in [1.82, 2.24) is 0 Å². The van der Waals surface area contributed by atoms with Crippen LogP contribution < -0.4 is 15.0 Å². The van der Waals surface area contributed by atoms with Crippen LogP contribution in [0.15, 0.2) is 48.4 Å². The van der Waals surface area contributed by atoms with Crippen LogP contribution in [0.1, 0.15) is 31.6 Å². The van der Waals surface area contributed by atoms with E-state index in [1.54, 1.807) is 22.3 Å². The molecular formula is C22H24N2O3S. The normalized spacial score (nSPS) is 19.2. The fraction of sp³-hybridized carbons (Fsp3) is 0.364. The molecule has 1 saturated carbocycles. The van der Waals surface area contributed by atoms with Crippen molar-refractivity contribution in [3.05, 3.63) is 53.2 Å². The molecule has 146 valence electrons. The van der Waals surface area contributed by atoms with Crippen LogP contribution in [0, 0.1) is 5.41 Å². The number of ether oxygens (including phenoxy) is 1. The van der Waals surface area contributed by atoms with E-state index in [9.17, 15) is 9.59 Å². The predicted octanol–water partition coefficient (Wildman–Crippen LogP) is 4.36. The number of hydrogen-bond donors (Lipinski definition) is 1. The third-order valence-corrected chi connectivity index (χ3v) is 6.48. The van der Waals surface area contributed by atoms with Gasteiger partial charge in [-0.05, 0) is 56.3 Å². The molecule has 2 aliphatic rings. The minimum atomic E-state index is -0.636. The van der Waals surface area contributed by atoms with Crippen LogP contribution in [0.5, 0.6) is 5.75 Å². The molecule has 2 amide bonds. The number of rotatable bonds is 5. The predicted molar refractivity (Wildman–Crippen MR) is 112 cm³/mol. The third kappa shape index (κ3) is 3.11. The number of hydrogen-bond acceptors (Lipinski definition) is 4. The molecule has 1 fully saturated rings. The van der Waals surface area contributed by atoms with Crippen molar-refractivity contribution in [1.29, 1.82) is 0 Å². The van der Waals surface area contributed by atoms with Gasteiger partial charge in [0, 0.05) is 17.1 Å². The minimum Gasteiger partial charge on any atom is -0.490 e. The Morgan fingerprint density at radius 3 is 2.79 bits per heavy atom. The second-order valence-electron chi connectivity index (χ2n) is 8.07. The number of carbonyl (C=O) groups excluding carboxylic acids is 2. The zero-order valence-corrected chi connectivity index (χ0v) is 17.0. The van der Waals surface area contributed by atoms with Crippen molar-refractivity contribution in [3.8, 4) is 5.75 Å². The lowest BCUT2D eigenvalue weighted by atomic mass is 9.93. The summed E-state index contributed by atoms with van der Waals surface area (Å²) < 4.78 is 5.90. The Bertz CT molecular complexity index is 929. The Morgan fingerprint density at radius 1 is 1.36 bits per heavy atom. The molecule has 0 radical (unpaired) electrons. The molecule has 1 aliphatic carbocycles. The number of carbonyl (C=O) groups is 2. The SMILES string of the molecule is C=CCN1C(=O)C(C)(C)COc2ccc(NC(=O)C3(c4cccs4)CC3)cc21. The maximum atomic E-state index is 13.0. The van der Waals surface area contributed by atoms with Gasteiger partial charge in [0.1, 0.15) is 12.4 Å². The van der Waals surface area contributed by atoms with Crippen molar-refractivity contribution >= 4 is 34.5 Å². The summed E-state index contributed by atoms with van der Waals surface area (Å²) in [4.78, 5) is 28.7. The Morgan fingerprint density at radius 2 is 2.14 bits per heavy atom. The van der Waals surface area contributed by atoms with E-state index in [1.807, 2.05) is 49.6 Å². The summed E-state index contributed by atoms with van der Waals surface area (Å²) in [5.74, 6) is 0.622. The van der Waals surface area contributed by atoms with Gasteiger partial charge in [-0.3, -0.25) is 9.59 Å². The number of thiophene rings is 1. The summed E-state index contributed by atoms with van der Waals surface area (Å²) in [7, 11) is 0. The Hall–Kier alpha value is -2.60. The molecule has 0 bridgehead atoms. The van der Waals surface area contributed by atoms with Gasteiger partial charge in [0.15, 0.2) is 0 Å². The summed E-state index contributed by atoms with van der Waals surface area (Å²) >= 11 is 1.62. The summed E-state index contributed by atoms with van der Waals surface area (Å²) in [6, 6.07) is 9.47. The number of anilines is 2. The smallest absolute Gasteiger partial charge is 0.236 e. The van der Waals surface area contributed by atoms with E-state index in [4.69, 9.17) is 4.74 Å². The quantitative estimate of drug-likeness (QED) is 0.764. The number of nitrogens with zero attached hydrogens (tertiary/aromatic N) is 1. The highest BCUT2D eigenvalue weighted by atomic mass is 32.1. The topological polar surface area (TPSA) is 58.6 Å². The lowest BCUT2D eigenvalue weighted by Crippen LogP contribution is -2.42. The molecule has 0 spiro atoms. The van der Waals surface area contributed by atoms with Gasteiger partial charge < -0.3 is 15.0 Å². The molecule has 0 saturated heterocycles. The molecular weight excluding hydrogens is 372 g/mol. The molecule has 28 heavy (non-hydrogen) atoms. The average Bonchev–Trinajstić information content (AvgIpc) is 3.32. The summed E-state index contributed by atoms with van der Waals surface area (Å²) in [5.41, 5.74) is 0.282. The van der Waals surface area contributed by atoms with E-state index in [-0.39, 0.29) is 11.8 Å². The molecule has 2 heterocycles. The lowest BCUT2D eigenvalue weighted by molar-refractivity contribution is -0.127. The molecule has 1 aromatic heterocycles.